The van der Waals surface area contributed by atoms with E-state index in [4.69, 9.17) is 0 Å². The van der Waals surface area contributed by atoms with Crippen molar-refractivity contribution in [3.05, 3.63) is 36.7 Å². The van der Waals surface area contributed by atoms with Crippen molar-refractivity contribution in [2.45, 2.75) is 0 Å². The first kappa shape index (κ1) is 7.10. The molecule has 0 aliphatic heterocycles. The zero-order valence-electron chi connectivity index (χ0n) is 5.91. The predicted octanol–water partition coefficient (Wildman–Crippen LogP) is 1.03. The molecular weight excluding hydrogens is 241 g/mol. The van der Waals surface area contributed by atoms with Crippen molar-refractivity contribution in [2.24, 2.45) is 0 Å². The van der Waals surface area contributed by atoms with Gasteiger partial charge in [-0.2, -0.15) is 0 Å². The second-order valence-corrected chi connectivity index (χ2v) is 3.95. The molecule has 0 atom stereocenters. The Morgan fingerprint density at radius 2 is 1.91 bits per heavy atom. The van der Waals surface area contributed by atoms with Crippen molar-refractivity contribution in [1.29, 1.82) is 0 Å². The van der Waals surface area contributed by atoms with Gasteiger partial charge in [-0.05, 0) is 0 Å². The second kappa shape index (κ2) is 2.81. The van der Waals surface area contributed by atoms with E-state index >= 15 is 0 Å². The van der Waals surface area contributed by atoms with Gasteiger partial charge >= 0.3 is 78.5 Å². The summed E-state index contributed by atoms with van der Waals surface area (Å²) in [7, 11) is 0. The summed E-state index contributed by atoms with van der Waals surface area (Å²) in [5.41, 5.74) is 0. The number of hydrogen-bond donors (Lipinski definition) is 0. The normalized spacial score (nSPS) is 10.3. The topological polar surface area (TPSA) is 12.9 Å². The Hall–Kier alpha value is -0.571. The Bertz CT molecular complexity index is 379. The van der Waals surface area contributed by atoms with Gasteiger partial charge in [0.25, 0.3) is 0 Å². The van der Waals surface area contributed by atoms with E-state index in [9.17, 15) is 0 Å². The Kier molecular flexibility index (Phi) is 1.82. The molecule has 2 rings (SSSR count). The van der Waals surface area contributed by atoms with Crippen LogP contribution in [0.25, 0.3) is 10.8 Å². The fraction of sp³-hybridized carbons (Fsp3) is 0. The average Bonchev–Trinajstić information content (AvgIpc) is 2.06. The molecule has 0 aliphatic rings. The summed E-state index contributed by atoms with van der Waals surface area (Å²) in [5.74, 6) is 0. The summed E-state index contributed by atoms with van der Waals surface area (Å²) in [6.45, 7) is 0. The van der Waals surface area contributed by atoms with E-state index in [1.165, 1.54) is 36.9 Å². The molecule has 3 radical (unpaired) electrons. The molecule has 0 N–H and O–H groups in total. The molecule has 0 saturated carbocycles. The van der Waals surface area contributed by atoms with Crippen molar-refractivity contribution in [3.8, 4) is 0 Å². The molecular formula is C9H6NSn. The van der Waals surface area contributed by atoms with Crippen molar-refractivity contribution >= 4 is 36.9 Å². The quantitative estimate of drug-likeness (QED) is 0.633. The molecule has 51 valence electrons. The minimum atomic E-state index is 1.24. The molecule has 0 unspecified atom stereocenters. The van der Waals surface area contributed by atoms with Crippen LogP contribution in [0.15, 0.2) is 36.7 Å². The Balaban J connectivity index is 2.91. The number of rotatable bonds is 0. The molecule has 1 aromatic carbocycles. The average molecular weight is 247 g/mol. The molecule has 2 heteroatoms. The van der Waals surface area contributed by atoms with Gasteiger partial charge < -0.3 is 0 Å². The van der Waals surface area contributed by atoms with Crippen LogP contribution in [0, 0.1) is 0 Å². The van der Waals surface area contributed by atoms with E-state index < -0.39 is 0 Å². The van der Waals surface area contributed by atoms with E-state index in [-0.39, 0.29) is 0 Å². The van der Waals surface area contributed by atoms with Gasteiger partial charge in [-0.15, -0.1) is 0 Å². The van der Waals surface area contributed by atoms with Crippen LogP contribution in [-0.4, -0.2) is 27.5 Å². The molecule has 1 nitrogen and oxygen atoms in total. The second-order valence-electron chi connectivity index (χ2n) is 2.41. The molecule has 0 fully saturated rings. The molecule has 0 aliphatic carbocycles. The van der Waals surface area contributed by atoms with Crippen LogP contribution >= 0.6 is 0 Å². The molecule has 2 aromatic rings. The first-order valence-corrected chi connectivity index (χ1v) is 4.85. The molecule has 0 amide bonds. The van der Waals surface area contributed by atoms with Crippen molar-refractivity contribution in [2.75, 3.05) is 0 Å². The van der Waals surface area contributed by atoms with Crippen LogP contribution in [0.5, 0.6) is 0 Å². The predicted molar refractivity (Wildman–Crippen MR) is 47.1 cm³/mol. The summed E-state index contributed by atoms with van der Waals surface area (Å²) in [6, 6.07) is 8.34. The van der Waals surface area contributed by atoms with Crippen LogP contribution < -0.4 is 3.58 Å². The molecule has 11 heavy (non-hydrogen) atoms. The van der Waals surface area contributed by atoms with Gasteiger partial charge in [-0.25, -0.2) is 0 Å². The van der Waals surface area contributed by atoms with Gasteiger partial charge in [-0.3, -0.25) is 0 Å². The van der Waals surface area contributed by atoms with E-state index in [1.807, 2.05) is 18.5 Å². The summed E-state index contributed by atoms with van der Waals surface area (Å²) in [6.07, 6.45) is 3.84. The summed E-state index contributed by atoms with van der Waals surface area (Å²) >= 11 is 1.43. The van der Waals surface area contributed by atoms with Crippen molar-refractivity contribution in [3.63, 3.8) is 0 Å². The number of hydrogen-bond acceptors (Lipinski definition) is 1. The van der Waals surface area contributed by atoms with Gasteiger partial charge in [0.15, 0.2) is 0 Å². The van der Waals surface area contributed by atoms with Crippen LogP contribution in [-0.2, 0) is 0 Å². The van der Waals surface area contributed by atoms with Crippen LogP contribution in [0.4, 0.5) is 0 Å². The van der Waals surface area contributed by atoms with Crippen molar-refractivity contribution < 1.29 is 0 Å². The van der Waals surface area contributed by atoms with Crippen LogP contribution in [0.2, 0.25) is 0 Å². The number of nitrogens with zero attached hydrogens (tertiary/aromatic N) is 1. The number of pyridine rings is 1. The van der Waals surface area contributed by atoms with Gasteiger partial charge in [0, 0.05) is 0 Å². The third-order valence-corrected chi connectivity index (χ3v) is 2.81. The van der Waals surface area contributed by atoms with E-state index in [0.717, 1.165) is 0 Å². The fourth-order valence-corrected chi connectivity index (χ4v) is 1.98. The van der Waals surface area contributed by atoms with Crippen LogP contribution in [0.3, 0.4) is 0 Å². The van der Waals surface area contributed by atoms with Gasteiger partial charge in [0.2, 0.25) is 0 Å². The maximum atomic E-state index is 4.13. The monoisotopic (exact) mass is 248 g/mol. The molecule has 0 saturated heterocycles. The first-order chi connectivity index (χ1) is 5.38. The van der Waals surface area contributed by atoms with Crippen LogP contribution in [0.1, 0.15) is 0 Å². The van der Waals surface area contributed by atoms with Crippen molar-refractivity contribution in [1.82, 2.24) is 4.98 Å². The minimum absolute atomic E-state index is 1.24. The first-order valence-electron chi connectivity index (χ1n) is 3.42. The third kappa shape index (κ3) is 1.25. The summed E-state index contributed by atoms with van der Waals surface area (Å²) in [4.78, 5) is 4.13. The number of benzene rings is 1. The summed E-state index contributed by atoms with van der Waals surface area (Å²) in [5, 5.41) is 2.57. The fourth-order valence-electron chi connectivity index (χ4n) is 1.12. The molecule has 0 spiro atoms. The Labute approximate surface area is 78.5 Å². The Morgan fingerprint density at radius 3 is 2.73 bits per heavy atom. The molecule has 0 bridgehead atoms. The Morgan fingerprint density at radius 1 is 1.09 bits per heavy atom. The van der Waals surface area contributed by atoms with Gasteiger partial charge in [0.1, 0.15) is 0 Å². The number of fused-ring (bicyclic) bond motifs is 1. The molecule has 1 aromatic heterocycles. The van der Waals surface area contributed by atoms with Gasteiger partial charge in [0.05, 0.1) is 0 Å². The van der Waals surface area contributed by atoms with E-state index in [2.05, 4.69) is 23.2 Å². The maximum absolute atomic E-state index is 4.13. The standard InChI is InChI=1S/C9H6N.Sn/c1-2-4-9-7-10-6-5-8(9)3-1;/h1-4,6-7H;. The summed E-state index contributed by atoms with van der Waals surface area (Å²) < 4.78 is 1.33. The van der Waals surface area contributed by atoms with E-state index in [0.29, 0.717) is 0 Å². The third-order valence-electron chi connectivity index (χ3n) is 1.67. The zero-order valence-corrected chi connectivity index (χ0v) is 8.77. The number of aromatic nitrogens is 1. The van der Waals surface area contributed by atoms with E-state index in [1.54, 1.807) is 0 Å². The zero-order chi connectivity index (χ0) is 7.68. The van der Waals surface area contributed by atoms with Gasteiger partial charge in [-0.1, -0.05) is 0 Å². The molecule has 1 heterocycles. The SMILES string of the molecule is [Sn][c]1cncc2ccccc12.